The van der Waals surface area contributed by atoms with Gasteiger partial charge in [0.25, 0.3) is 5.91 Å². The summed E-state index contributed by atoms with van der Waals surface area (Å²) in [7, 11) is 1.59. The van der Waals surface area contributed by atoms with Crippen molar-refractivity contribution in [1.82, 2.24) is 40.4 Å². The van der Waals surface area contributed by atoms with Gasteiger partial charge in [-0.15, -0.1) is 11.3 Å². The normalized spacial score (nSPS) is 24.3. The van der Waals surface area contributed by atoms with Crippen LogP contribution in [0.2, 0.25) is 0 Å². The molecule has 5 atom stereocenters. The van der Waals surface area contributed by atoms with E-state index in [-0.39, 0.29) is 42.5 Å². The van der Waals surface area contributed by atoms with Gasteiger partial charge in [0.2, 0.25) is 11.8 Å². The second kappa shape index (κ2) is 18.6. The van der Waals surface area contributed by atoms with E-state index in [0.717, 1.165) is 72.1 Å². The third-order valence-electron chi connectivity index (χ3n) is 12.1. The van der Waals surface area contributed by atoms with Crippen molar-refractivity contribution < 1.29 is 37.4 Å². The van der Waals surface area contributed by atoms with Crippen molar-refractivity contribution in [3.63, 3.8) is 0 Å². The second-order valence-corrected chi connectivity index (χ2v) is 19.7. The molecule has 332 valence electrons. The maximum absolute atomic E-state index is 14.3. The molecule has 2 aliphatic heterocycles. The van der Waals surface area contributed by atoms with Gasteiger partial charge in [-0.1, -0.05) is 44.0 Å². The number of pyridine rings is 1. The lowest BCUT2D eigenvalue weighted by Gasteiger charge is -2.26. The van der Waals surface area contributed by atoms with Gasteiger partial charge < -0.3 is 29.5 Å². The highest BCUT2D eigenvalue weighted by Gasteiger charge is 2.62. The number of nitrogens with one attached hydrogen (secondary N) is 3. The summed E-state index contributed by atoms with van der Waals surface area (Å²) in [5.41, 5.74) is 2.06. The Bertz CT molecular complexity index is 2390. The number of nitrogens with zero attached hydrogens (tertiary/aromatic N) is 5. The summed E-state index contributed by atoms with van der Waals surface area (Å²) in [6.45, 7) is 9.95. The van der Waals surface area contributed by atoms with Gasteiger partial charge in [-0.2, -0.15) is 4.98 Å². The van der Waals surface area contributed by atoms with E-state index in [1.54, 1.807) is 18.9 Å². The Morgan fingerprint density at radius 1 is 1.08 bits per heavy atom. The van der Waals surface area contributed by atoms with E-state index in [4.69, 9.17) is 19.4 Å². The van der Waals surface area contributed by atoms with Crippen molar-refractivity contribution in [2.45, 2.75) is 127 Å². The van der Waals surface area contributed by atoms with Crippen LogP contribution in [0.4, 0.5) is 0 Å². The van der Waals surface area contributed by atoms with Crippen LogP contribution in [-0.4, -0.2) is 96.0 Å². The molecule has 8 rings (SSSR count). The largest absolute Gasteiger partial charge is 0.496 e. The Balaban J connectivity index is 0.000000509. The average molecular weight is 889 g/mol. The zero-order chi connectivity index (χ0) is 44.3. The Morgan fingerprint density at radius 2 is 1.85 bits per heavy atom. The van der Waals surface area contributed by atoms with Crippen LogP contribution in [0.5, 0.6) is 11.5 Å². The van der Waals surface area contributed by atoms with Crippen LogP contribution in [0.1, 0.15) is 119 Å². The number of carbonyl (C=O) groups is 4. The number of ether oxygens (including phenoxy) is 2. The number of aromatic nitrogens is 4. The highest BCUT2D eigenvalue weighted by Crippen LogP contribution is 2.47. The van der Waals surface area contributed by atoms with Crippen molar-refractivity contribution in [2.24, 2.45) is 5.92 Å². The van der Waals surface area contributed by atoms with E-state index < -0.39 is 45.2 Å². The lowest BCUT2D eigenvalue weighted by molar-refractivity contribution is -0.139. The molecule has 4 aliphatic rings. The second-order valence-electron chi connectivity index (χ2n) is 17.1. The van der Waals surface area contributed by atoms with Gasteiger partial charge in [0.15, 0.2) is 5.82 Å². The number of allylic oxidation sites excluding steroid dienone is 1. The number of amides is 4. The fraction of sp³-hybridized carbons (Fsp3) is 0.545. The summed E-state index contributed by atoms with van der Waals surface area (Å²) in [6, 6.07) is 4.89. The monoisotopic (exact) mass is 888 g/mol. The first kappa shape index (κ1) is 44.8. The van der Waals surface area contributed by atoms with Crippen LogP contribution in [0.25, 0.3) is 21.6 Å². The van der Waals surface area contributed by atoms with Crippen molar-refractivity contribution in [1.29, 1.82) is 0 Å². The van der Waals surface area contributed by atoms with Crippen molar-refractivity contribution in [3.8, 4) is 22.2 Å². The third-order valence-corrected chi connectivity index (χ3v) is 14.6. The molecule has 18 heteroatoms. The molecule has 2 unspecified atom stereocenters. The minimum Gasteiger partial charge on any atom is -0.496 e. The standard InChI is InChI=1S/C39H49N5O6S2.C5H7N3O2/c1-23(2)29-22-51-36(41-29)28-19-32(27-14-15-31(49-5)24(3)34(27)40-28)50-26-18-30-35(46)42-39(37(47)43-52(48)38(4)16-17-38)20-25(39)12-10-8-6-7-9-11-13-33(45)44(30)21-26;1-3-7-5(10-8-3)4(9)6-2/h10,12,14-15,19,22-23,25-26,30H,6-9,11,13,16-18,20-21H2,1-5H3,(H,42,46)(H,43,47);1-2H3,(H,6,9)/b12-10-;/t25-,26-,30?,39-,52?;/m1./s1. The highest BCUT2D eigenvalue weighted by molar-refractivity contribution is 7.85. The van der Waals surface area contributed by atoms with Gasteiger partial charge in [0, 0.05) is 48.2 Å². The van der Waals surface area contributed by atoms with Crippen LogP contribution in [-0.2, 0) is 25.4 Å². The molecule has 3 aromatic heterocycles. The molecular formula is C44H56N8O8S2. The highest BCUT2D eigenvalue weighted by atomic mass is 32.2. The number of benzene rings is 1. The Hall–Kier alpha value is -5.23. The van der Waals surface area contributed by atoms with Gasteiger partial charge in [-0.25, -0.2) is 14.2 Å². The van der Waals surface area contributed by atoms with E-state index in [2.05, 4.69) is 55.3 Å². The van der Waals surface area contributed by atoms with Gasteiger partial charge in [-0.05, 0) is 77.3 Å². The summed E-state index contributed by atoms with van der Waals surface area (Å²) in [6.07, 6.45) is 10.7. The first-order chi connectivity index (χ1) is 29.7. The van der Waals surface area contributed by atoms with Crippen molar-refractivity contribution in [3.05, 3.63) is 58.7 Å². The third kappa shape index (κ3) is 9.70. The molecular weight excluding hydrogens is 833 g/mol. The predicted octanol–water partition coefficient (Wildman–Crippen LogP) is 6.00. The van der Waals surface area contributed by atoms with Crippen LogP contribution in [0.3, 0.4) is 0 Å². The number of hydrogen-bond donors (Lipinski definition) is 3. The van der Waals surface area contributed by atoms with E-state index in [1.165, 1.54) is 18.4 Å². The van der Waals surface area contributed by atoms with Crippen LogP contribution < -0.4 is 24.8 Å². The molecule has 4 aromatic rings. The van der Waals surface area contributed by atoms with E-state index >= 15 is 0 Å². The molecule has 0 spiro atoms. The van der Waals surface area contributed by atoms with Gasteiger partial charge in [0.1, 0.15) is 50.9 Å². The molecule has 2 aliphatic carbocycles. The first-order valence-electron chi connectivity index (χ1n) is 21.3. The van der Waals surface area contributed by atoms with Crippen molar-refractivity contribution >= 4 is 56.9 Å². The van der Waals surface area contributed by atoms with Crippen LogP contribution >= 0.6 is 11.3 Å². The molecule has 0 radical (unpaired) electrons. The summed E-state index contributed by atoms with van der Waals surface area (Å²) in [5.74, 6) is 0.524. The van der Waals surface area contributed by atoms with Gasteiger partial charge in [0.05, 0.1) is 29.6 Å². The zero-order valence-electron chi connectivity index (χ0n) is 36.4. The quantitative estimate of drug-likeness (QED) is 0.165. The number of carbonyl (C=O) groups excluding carboxylic acids is 4. The molecule has 3 N–H and O–H groups in total. The topological polar surface area (TPSA) is 208 Å². The minimum atomic E-state index is -1.55. The first-order valence-corrected chi connectivity index (χ1v) is 23.3. The fourth-order valence-corrected chi connectivity index (χ4v) is 9.81. The number of fused-ring (bicyclic) bond motifs is 3. The molecule has 2 saturated carbocycles. The minimum absolute atomic E-state index is 0.000000000000000222. The Labute approximate surface area is 368 Å². The number of rotatable bonds is 9. The molecule has 1 saturated heterocycles. The maximum atomic E-state index is 14.3. The molecule has 62 heavy (non-hydrogen) atoms. The van der Waals surface area contributed by atoms with Crippen LogP contribution in [0, 0.1) is 19.8 Å². The molecule has 4 amide bonds. The van der Waals surface area contributed by atoms with Crippen LogP contribution in [0.15, 0.2) is 40.3 Å². The number of hydrogen-bond acceptors (Lipinski definition) is 13. The molecule has 16 nitrogen and oxygen atoms in total. The van der Waals surface area contributed by atoms with E-state index in [1.807, 2.05) is 38.1 Å². The lowest BCUT2D eigenvalue weighted by Crippen LogP contribution is -2.56. The Morgan fingerprint density at radius 3 is 2.53 bits per heavy atom. The summed E-state index contributed by atoms with van der Waals surface area (Å²) >= 11 is 1.53. The molecule has 1 aromatic carbocycles. The number of methoxy groups -OCH3 is 1. The van der Waals surface area contributed by atoms with Gasteiger partial charge in [-0.3, -0.25) is 23.9 Å². The Kier molecular flexibility index (Phi) is 13.5. The summed E-state index contributed by atoms with van der Waals surface area (Å²) < 4.78 is 32.3. The number of aryl methyl sites for hydroxylation is 2. The SMILES string of the molecule is CNC(=O)c1nc(C)no1.COc1ccc2c(O[C@@H]3CC4C(=O)N[C@]5(C(=O)NS(=O)C6(C)CC6)C[C@H]5/C=C\CCCCCCC(=O)N4C3)cc(-c3nc(C(C)C)cs3)nc2c1C. The predicted molar refractivity (Wildman–Crippen MR) is 235 cm³/mol. The maximum Gasteiger partial charge on any atom is 0.315 e. The molecule has 3 fully saturated rings. The molecule has 5 heterocycles. The van der Waals surface area contributed by atoms with Gasteiger partial charge >= 0.3 is 11.8 Å². The zero-order valence-corrected chi connectivity index (χ0v) is 38.0. The summed E-state index contributed by atoms with van der Waals surface area (Å²) in [4.78, 5) is 67.7. The smallest absolute Gasteiger partial charge is 0.315 e. The summed E-state index contributed by atoms with van der Waals surface area (Å²) in [5, 5.41) is 12.5. The van der Waals surface area contributed by atoms with E-state index in [0.29, 0.717) is 35.9 Å². The fourth-order valence-electron chi connectivity index (χ4n) is 7.80. The van der Waals surface area contributed by atoms with Crippen molar-refractivity contribution in [2.75, 3.05) is 20.7 Å². The van der Waals surface area contributed by atoms with E-state index in [9.17, 15) is 23.4 Å². The number of thiazole rings is 1. The molecule has 0 bridgehead atoms. The average Bonchev–Trinajstić information content (AvgIpc) is 3.86. The lowest BCUT2D eigenvalue weighted by atomic mass is 10.1.